The van der Waals surface area contributed by atoms with E-state index in [1.807, 2.05) is 31.2 Å². The molecule has 106 valence electrons. The fourth-order valence-electron chi connectivity index (χ4n) is 2.34. The summed E-state index contributed by atoms with van der Waals surface area (Å²) in [4.78, 5) is 19.8. The first-order valence-electron chi connectivity index (χ1n) is 6.58. The molecule has 0 atom stereocenters. The zero-order valence-corrected chi connectivity index (χ0v) is 11.8. The number of pyridine rings is 1. The highest BCUT2D eigenvalue weighted by Gasteiger charge is 2.15. The molecule has 0 saturated heterocycles. The molecule has 0 radical (unpaired) electrons. The van der Waals surface area contributed by atoms with Gasteiger partial charge in [0.2, 0.25) is 5.88 Å². The Morgan fingerprint density at radius 1 is 1.24 bits per heavy atom. The van der Waals surface area contributed by atoms with Crippen molar-refractivity contribution in [1.82, 2.24) is 9.97 Å². The second-order valence-electron chi connectivity index (χ2n) is 4.71. The number of carbonyl (C=O) groups is 1. The number of para-hydroxylation sites is 1. The maximum Gasteiger partial charge on any atom is 0.258 e. The van der Waals surface area contributed by atoms with Gasteiger partial charge >= 0.3 is 0 Å². The molecule has 0 fully saturated rings. The Bertz CT molecular complexity index is 791. The van der Waals surface area contributed by atoms with E-state index in [1.54, 1.807) is 25.4 Å². The fraction of sp³-hybridized carbons (Fsp3) is 0.125. The first kappa shape index (κ1) is 13.2. The number of ether oxygens (including phenoxy) is 1. The van der Waals surface area contributed by atoms with E-state index in [0.29, 0.717) is 17.1 Å². The molecule has 0 spiro atoms. The molecule has 2 heterocycles. The maximum atomic E-state index is 12.5. The molecule has 1 amide bonds. The minimum absolute atomic E-state index is 0.156. The van der Waals surface area contributed by atoms with Crippen LogP contribution in [0.15, 0.2) is 42.6 Å². The number of hydrogen-bond donors (Lipinski definition) is 2. The molecule has 0 aliphatic carbocycles. The van der Waals surface area contributed by atoms with Crippen LogP contribution in [0.4, 0.5) is 5.69 Å². The first-order chi connectivity index (χ1) is 10.2. The number of methoxy groups -OCH3 is 1. The second-order valence-corrected chi connectivity index (χ2v) is 4.71. The molecular formula is C16H15N3O2. The number of nitrogens with zero attached hydrogens (tertiary/aromatic N) is 1. The Morgan fingerprint density at radius 2 is 2.05 bits per heavy atom. The van der Waals surface area contributed by atoms with Gasteiger partial charge in [0, 0.05) is 22.7 Å². The van der Waals surface area contributed by atoms with Crippen molar-refractivity contribution in [3.63, 3.8) is 0 Å². The predicted octanol–water partition coefficient (Wildman–Crippen LogP) is 3.13. The van der Waals surface area contributed by atoms with Crippen LogP contribution in [0, 0.1) is 6.92 Å². The standard InChI is InChI=1S/C16H15N3O2/c1-10-15(12-5-3-4-6-13(12)18-10)16(20)19-11-7-8-14(21-2)17-9-11/h3-9,18H,1-2H3,(H,19,20). The van der Waals surface area contributed by atoms with Gasteiger partial charge in [0.15, 0.2) is 0 Å². The van der Waals surface area contributed by atoms with Crippen molar-refractivity contribution in [3.05, 3.63) is 53.9 Å². The van der Waals surface area contributed by atoms with Crippen LogP contribution >= 0.6 is 0 Å². The summed E-state index contributed by atoms with van der Waals surface area (Å²) in [5, 5.41) is 3.76. The van der Waals surface area contributed by atoms with Gasteiger partial charge in [-0.1, -0.05) is 18.2 Å². The van der Waals surface area contributed by atoms with Crippen LogP contribution in [0.3, 0.4) is 0 Å². The van der Waals surface area contributed by atoms with Gasteiger partial charge in [-0.15, -0.1) is 0 Å². The molecule has 5 nitrogen and oxygen atoms in total. The summed E-state index contributed by atoms with van der Waals surface area (Å²) < 4.78 is 4.99. The van der Waals surface area contributed by atoms with E-state index >= 15 is 0 Å². The normalized spacial score (nSPS) is 10.6. The lowest BCUT2D eigenvalue weighted by Gasteiger charge is -2.06. The number of carbonyl (C=O) groups excluding carboxylic acids is 1. The third kappa shape index (κ3) is 2.45. The molecule has 1 aromatic carbocycles. The highest BCUT2D eigenvalue weighted by Crippen LogP contribution is 2.23. The second kappa shape index (κ2) is 5.28. The predicted molar refractivity (Wildman–Crippen MR) is 81.8 cm³/mol. The van der Waals surface area contributed by atoms with Crippen LogP contribution in [0.1, 0.15) is 16.1 Å². The van der Waals surface area contributed by atoms with Crippen molar-refractivity contribution in [1.29, 1.82) is 0 Å². The number of amides is 1. The van der Waals surface area contributed by atoms with E-state index in [2.05, 4.69) is 15.3 Å². The summed E-state index contributed by atoms with van der Waals surface area (Å²) in [6, 6.07) is 11.2. The molecule has 21 heavy (non-hydrogen) atoms. The van der Waals surface area contributed by atoms with Crippen molar-refractivity contribution >= 4 is 22.5 Å². The summed E-state index contributed by atoms with van der Waals surface area (Å²) in [7, 11) is 1.55. The summed E-state index contributed by atoms with van der Waals surface area (Å²) in [6.45, 7) is 1.89. The van der Waals surface area contributed by atoms with E-state index in [4.69, 9.17) is 4.74 Å². The van der Waals surface area contributed by atoms with E-state index < -0.39 is 0 Å². The number of rotatable bonds is 3. The first-order valence-corrected chi connectivity index (χ1v) is 6.58. The number of anilines is 1. The smallest absolute Gasteiger partial charge is 0.258 e. The van der Waals surface area contributed by atoms with E-state index in [0.717, 1.165) is 16.6 Å². The van der Waals surface area contributed by atoms with Crippen LogP contribution < -0.4 is 10.1 Å². The molecular weight excluding hydrogens is 266 g/mol. The van der Waals surface area contributed by atoms with Crippen LogP contribution in [0.2, 0.25) is 0 Å². The maximum absolute atomic E-state index is 12.5. The Morgan fingerprint density at radius 3 is 2.76 bits per heavy atom. The summed E-state index contributed by atoms with van der Waals surface area (Å²) in [5.41, 5.74) is 3.08. The highest BCUT2D eigenvalue weighted by molar-refractivity contribution is 6.13. The average Bonchev–Trinajstić information content (AvgIpc) is 2.83. The lowest BCUT2D eigenvalue weighted by molar-refractivity contribution is 0.102. The number of benzene rings is 1. The lowest BCUT2D eigenvalue weighted by atomic mass is 10.1. The van der Waals surface area contributed by atoms with Gasteiger partial charge in [-0.25, -0.2) is 4.98 Å². The lowest BCUT2D eigenvalue weighted by Crippen LogP contribution is -2.12. The third-order valence-corrected chi connectivity index (χ3v) is 3.32. The van der Waals surface area contributed by atoms with Crippen molar-refractivity contribution in [3.8, 4) is 5.88 Å². The van der Waals surface area contributed by atoms with Crippen LogP contribution in [0.5, 0.6) is 5.88 Å². The summed E-state index contributed by atoms with van der Waals surface area (Å²) >= 11 is 0. The Kier molecular flexibility index (Phi) is 3.31. The number of fused-ring (bicyclic) bond motifs is 1. The van der Waals surface area contributed by atoms with Crippen molar-refractivity contribution < 1.29 is 9.53 Å². The molecule has 0 bridgehead atoms. The topological polar surface area (TPSA) is 67.0 Å². The van der Waals surface area contributed by atoms with Crippen molar-refractivity contribution in [2.75, 3.05) is 12.4 Å². The van der Waals surface area contributed by atoms with Crippen molar-refractivity contribution in [2.24, 2.45) is 0 Å². The minimum Gasteiger partial charge on any atom is -0.481 e. The Balaban J connectivity index is 1.91. The highest BCUT2D eigenvalue weighted by atomic mass is 16.5. The molecule has 0 saturated carbocycles. The minimum atomic E-state index is -0.156. The zero-order valence-electron chi connectivity index (χ0n) is 11.8. The van der Waals surface area contributed by atoms with E-state index in [-0.39, 0.29) is 5.91 Å². The Labute approximate surface area is 122 Å². The molecule has 5 heteroatoms. The zero-order chi connectivity index (χ0) is 14.8. The monoisotopic (exact) mass is 281 g/mol. The van der Waals surface area contributed by atoms with Crippen LogP contribution in [0.25, 0.3) is 10.9 Å². The molecule has 0 unspecified atom stereocenters. The van der Waals surface area contributed by atoms with Gasteiger partial charge in [-0.3, -0.25) is 4.79 Å². The van der Waals surface area contributed by atoms with Crippen molar-refractivity contribution in [2.45, 2.75) is 6.92 Å². The van der Waals surface area contributed by atoms with Gasteiger partial charge in [0.1, 0.15) is 0 Å². The number of H-pyrrole nitrogens is 1. The van der Waals surface area contributed by atoms with E-state index in [9.17, 15) is 4.79 Å². The molecule has 0 aliphatic heterocycles. The van der Waals surface area contributed by atoms with Gasteiger partial charge in [0.25, 0.3) is 5.91 Å². The summed E-state index contributed by atoms with van der Waals surface area (Å²) in [5.74, 6) is 0.355. The molecule has 0 aliphatic rings. The summed E-state index contributed by atoms with van der Waals surface area (Å²) in [6.07, 6.45) is 1.57. The SMILES string of the molecule is COc1ccc(NC(=O)c2c(C)[nH]c3ccccc23)cn1. The Hall–Kier alpha value is -2.82. The fourth-order valence-corrected chi connectivity index (χ4v) is 2.34. The number of aromatic amines is 1. The van der Waals surface area contributed by atoms with E-state index in [1.165, 1.54) is 0 Å². The van der Waals surface area contributed by atoms with Gasteiger partial charge in [0.05, 0.1) is 24.6 Å². The number of aryl methyl sites for hydroxylation is 1. The van der Waals surface area contributed by atoms with Crippen LogP contribution in [-0.2, 0) is 0 Å². The number of hydrogen-bond acceptors (Lipinski definition) is 3. The molecule has 3 aromatic rings. The van der Waals surface area contributed by atoms with Gasteiger partial charge < -0.3 is 15.0 Å². The van der Waals surface area contributed by atoms with Gasteiger partial charge in [-0.05, 0) is 19.1 Å². The van der Waals surface area contributed by atoms with Crippen LogP contribution in [-0.4, -0.2) is 23.0 Å². The average molecular weight is 281 g/mol. The number of nitrogens with one attached hydrogen (secondary N) is 2. The third-order valence-electron chi connectivity index (χ3n) is 3.32. The van der Waals surface area contributed by atoms with Gasteiger partial charge in [-0.2, -0.15) is 0 Å². The number of aromatic nitrogens is 2. The molecule has 3 rings (SSSR count). The largest absolute Gasteiger partial charge is 0.481 e. The molecule has 2 N–H and O–H groups in total. The quantitative estimate of drug-likeness (QED) is 0.775. The molecule has 2 aromatic heterocycles.